The van der Waals surface area contributed by atoms with Crippen LogP contribution in [0.1, 0.15) is 5.56 Å². The number of fused-ring (bicyclic) bond motifs is 1. The van der Waals surface area contributed by atoms with Crippen LogP contribution in [-0.4, -0.2) is 17.1 Å². The molecule has 106 valence electrons. The highest BCUT2D eigenvalue weighted by Gasteiger charge is 2.09. The molecule has 0 aliphatic heterocycles. The molecule has 0 aliphatic rings. The molecule has 0 saturated heterocycles. The first-order valence-corrected chi connectivity index (χ1v) is 7.29. The van der Waals surface area contributed by atoms with Crippen molar-refractivity contribution >= 4 is 38.3 Å². The number of aryl methyl sites for hydroxylation is 1. The zero-order valence-electron chi connectivity index (χ0n) is 11.7. The minimum atomic E-state index is 0.755. The summed E-state index contributed by atoms with van der Waals surface area (Å²) in [6.07, 6.45) is 1.55. The summed E-state index contributed by atoms with van der Waals surface area (Å²) >= 11 is 3.51. The standard InChI is InChI=1S/C16H14BrN3O/c1-10-6-7-14(21-2)13(8-10)20-16-11-4-3-5-12(17)15(11)18-9-19-16/h3-9H,1-2H3,(H,18,19,20). The molecule has 1 N–H and O–H groups in total. The van der Waals surface area contributed by atoms with Gasteiger partial charge in [-0.25, -0.2) is 9.97 Å². The Morgan fingerprint density at radius 2 is 2.00 bits per heavy atom. The average Bonchev–Trinajstić information content (AvgIpc) is 2.49. The molecule has 0 bridgehead atoms. The van der Waals surface area contributed by atoms with Gasteiger partial charge in [0.1, 0.15) is 17.9 Å². The number of nitrogens with one attached hydrogen (secondary N) is 1. The Kier molecular flexibility index (Phi) is 3.75. The molecule has 0 atom stereocenters. The molecular weight excluding hydrogens is 330 g/mol. The molecule has 5 heteroatoms. The van der Waals surface area contributed by atoms with Crippen LogP contribution in [0.3, 0.4) is 0 Å². The van der Waals surface area contributed by atoms with E-state index < -0.39 is 0 Å². The molecule has 3 rings (SSSR count). The number of aromatic nitrogens is 2. The van der Waals surface area contributed by atoms with Crippen LogP contribution in [0.5, 0.6) is 5.75 Å². The number of methoxy groups -OCH3 is 1. The lowest BCUT2D eigenvalue weighted by Crippen LogP contribution is -1.99. The summed E-state index contributed by atoms with van der Waals surface area (Å²) in [5, 5.41) is 4.29. The van der Waals surface area contributed by atoms with Gasteiger partial charge >= 0.3 is 0 Å². The predicted molar refractivity (Wildman–Crippen MR) is 88.3 cm³/mol. The third-order valence-corrected chi connectivity index (χ3v) is 3.86. The maximum atomic E-state index is 5.39. The molecule has 0 amide bonds. The van der Waals surface area contributed by atoms with Crippen LogP contribution in [0.2, 0.25) is 0 Å². The summed E-state index contributed by atoms with van der Waals surface area (Å²) in [6, 6.07) is 11.9. The Balaban J connectivity index is 2.11. The Labute approximate surface area is 131 Å². The largest absolute Gasteiger partial charge is 0.495 e. The van der Waals surface area contributed by atoms with Gasteiger partial charge in [0, 0.05) is 9.86 Å². The predicted octanol–water partition coefficient (Wildman–Crippen LogP) is 4.45. The van der Waals surface area contributed by atoms with Crippen molar-refractivity contribution in [2.45, 2.75) is 6.92 Å². The smallest absolute Gasteiger partial charge is 0.142 e. The van der Waals surface area contributed by atoms with Crippen LogP contribution in [0, 0.1) is 6.92 Å². The van der Waals surface area contributed by atoms with Crippen molar-refractivity contribution in [2.75, 3.05) is 12.4 Å². The number of halogens is 1. The molecule has 0 spiro atoms. The molecule has 3 aromatic rings. The van der Waals surface area contributed by atoms with Crippen molar-refractivity contribution in [3.05, 3.63) is 52.8 Å². The van der Waals surface area contributed by atoms with Gasteiger partial charge in [-0.3, -0.25) is 0 Å². The second kappa shape index (κ2) is 5.69. The highest BCUT2D eigenvalue weighted by Crippen LogP contribution is 2.32. The molecule has 0 unspecified atom stereocenters. The summed E-state index contributed by atoms with van der Waals surface area (Å²) < 4.78 is 6.34. The molecular formula is C16H14BrN3O. The minimum Gasteiger partial charge on any atom is -0.495 e. The van der Waals surface area contributed by atoms with Crippen molar-refractivity contribution in [2.24, 2.45) is 0 Å². The third-order valence-electron chi connectivity index (χ3n) is 3.22. The van der Waals surface area contributed by atoms with Crippen LogP contribution >= 0.6 is 15.9 Å². The zero-order chi connectivity index (χ0) is 14.8. The summed E-state index contributed by atoms with van der Waals surface area (Å²) in [6.45, 7) is 2.04. The first kappa shape index (κ1) is 13.8. The lowest BCUT2D eigenvalue weighted by atomic mass is 10.2. The Morgan fingerprint density at radius 1 is 1.14 bits per heavy atom. The van der Waals surface area contributed by atoms with Gasteiger partial charge in [0.05, 0.1) is 18.3 Å². The topological polar surface area (TPSA) is 47.0 Å². The molecule has 0 aliphatic carbocycles. The van der Waals surface area contributed by atoms with Gasteiger partial charge in [0.2, 0.25) is 0 Å². The number of anilines is 2. The van der Waals surface area contributed by atoms with Gasteiger partial charge in [-0.15, -0.1) is 0 Å². The Bertz CT molecular complexity index is 805. The first-order valence-electron chi connectivity index (χ1n) is 6.50. The lowest BCUT2D eigenvalue weighted by molar-refractivity contribution is 0.416. The number of para-hydroxylation sites is 1. The maximum absolute atomic E-state index is 5.39. The Hall–Kier alpha value is -2.14. The van der Waals surface area contributed by atoms with E-state index in [2.05, 4.69) is 31.2 Å². The van der Waals surface area contributed by atoms with E-state index in [1.54, 1.807) is 13.4 Å². The highest BCUT2D eigenvalue weighted by molar-refractivity contribution is 9.10. The fourth-order valence-corrected chi connectivity index (χ4v) is 2.67. The fourth-order valence-electron chi connectivity index (χ4n) is 2.20. The second-order valence-corrected chi connectivity index (χ2v) is 5.54. The SMILES string of the molecule is COc1ccc(C)cc1Nc1ncnc2c(Br)cccc12. The summed E-state index contributed by atoms with van der Waals surface area (Å²) in [5.74, 6) is 1.53. The van der Waals surface area contributed by atoms with Crippen molar-refractivity contribution < 1.29 is 4.74 Å². The van der Waals surface area contributed by atoms with E-state index >= 15 is 0 Å². The summed E-state index contributed by atoms with van der Waals surface area (Å²) in [5.41, 5.74) is 2.91. The van der Waals surface area contributed by atoms with Gasteiger partial charge < -0.3 is 10.1 Å². The monoisotopic (exact) mass is 343 g/mol. The number of ether oxygens (including phenoxy) is 1. The van der Waals surface area contributed by atoms with E-state index in [0.717, 1.165) is 38.2 Å². The van der Waals surface area contributed by atoms with Gasteiger partial charge in [-0.2, -0.15) is 0 Å². The number of nitrogens with zero attached hydrogens (tertiary/aromatic N) is 2. The average molecular weight is 344 g/mol. The van der Waals surface area contributed by atoms with Crippen LogP contribution < -0.4 is 10.1 Å². The van der Waals surface area contributed by atoms with Gasteiger partial charge in [-0.05, 0) is 52.7 Å². The van der Waals surface area contributed by atoms with Gasteiger partial charge in [0.15, 0.2) is 0 Å². The van der Waals surface area contributed by atoms with Crippen molar-refractivity contribution in [1.82, 2.24) is 9.97 Å². The van der Waals surface area contributed by atoms with Crippen molar-refractivity contribution in [1.29, 1.82) is 0 Å². The number of benzene rings is 2. The molecule has 4 nitrogen and oxygen atoms in total. The van der Waals surface area contributed by atoms with E-state index in [1.165, 1.54) is 0 Å². The van der Waals surface area contributed by atoms with E-state index in [9.17, 15) is 0 Å². The number of hydrogen-bond acceptors (Lipinski definition) is 4. The van der Waals surface area contributed by atoms with E-state index in [0.29, 0.717) is 0 Å². The van der Waals surface area contributed by atoms with E-state index in [1.807, 2.05) is 43.3 Å². The summed E-state index contributed by atoms with van der Waals surface area (Å²) in [4.78, 5) is 8.66. The van der Waals surface area contributed by atoms with Gasteiger partial charge in [-0.1, -0.05) is 12.1 Å². The highest BCUT2D eigenvalue weighted by atomic mass is 79.9. The zero-order valence-corrected chi connectivity index (χ0v) is 13.3. The molecule has 0 saturated carbocycles. The number of hydrogen-bond donors (Lipinski definition) is 1. The quantitative estimate of drug-likeness (QED) is 0.762. The third kappa shape index (κ3) is 2.69. The van der Waals surface area contributed by atoms with Crippen LogP contribution in [0.4, 0.5) is 11.5 Å². The molecule has 1 aromatic heterocycles. The van der Waals surface area contributed by atoms with Crippen LogP contribution in [0.25, 0.3) is 10.9 Å². The van der Waals surface area contributed by atoms with E-state index in [-0.39, 0.29) is 0 Å². The van der Waals surface area contributed by atoms with Crippen molar-refractivity contribution in [3.8, 4) is 5.75 Å². The van der Waals surface area contributed by atoms with Crippen molar-refractivity contribution in [3.63, 3.8) is 0 Å². The minimum absolute atomic E-state index is 0.755. The van der Waals surface area contributed by atoms with Gasteiger partial charge in [0.25, 0.3) is 0 Å². The molecule has 2 aromatic carbocycles. The maximum Gasteiger partial charge on any atom is 0.142 e. The Morgan fingerprint density at radius 3 is 2.81 bits per heavy atom. The molecule has 1 heterocycles. The molecule has 0 radical (unpaired) electrons. The van der Waals surface area contributed by atoms with Crippen LogP contribution in [-0.2, 0) is 0 Å². The number of rotatable bonds is 3. The second-order valence-electron chi connectivity index (χ2n) is 4.69. The summed E-state index contributed by atoms with van der Waals surface area (Å²) in [7, 11) is 1.66. The fraction of sp³-hybridized carbons (Fsp3) is 0.125. The molecule has 21 heavy (non-hydrogen) atoms. The van der Waals surface area contributed by atoms with Crippen LogP contribution in [0.15, 0.2) is 47.2 Å². The normalized spacial score (nSPS) is 10.6. The van der Waals surface area contributed by atoms with E-state index in [4.69, 9.17) is 4.74 Å². The lowest BCUT2D eigenvalue weighted by Gasteiger charge is -2.13. The molecule has 0 fully saturated rings. The first-order chi connectivity index (χ1) is 10.2.